The molecule has 0 radical (unpaired) electrons. The number of amides is 1. The maximum Gasteiger partial charge on any atom is 0.258 e. The van der Waals surface area contributed by atoms with Crippen LogP contribution in [0.2, 0.25) is 0 Å². The highest BCUT2D eigenvalue weighted by Gasteiger charge is 2.12. The molecule has 1 heterocycles. The molecule has 2 rings (SSSR count). The Hall–Kier alpha value is -1.40. The number of nitrogen functional groups attached to an aromatic ring is 1. The van der Waals surface area contributed by atoms with Gasteiger partial charge >= 0.3 is 0 Å². The SMILES string of the molecule is Cc1cc(Br)cnc1NC(=O)c1cc(N)ccc1Br. The molecule has 0 spiro atoms. The summed E-state index contributed by atoms with van der Waals surface area (Å²) in [5.74, 6) is 0.277. The van der Waals surface area contributed by atoms with E-state index in [1.165, 1.54) is 0 Å². The molecule has 3 N–H and O–H groups in total. The molecular weight excluding hydrogens is 374 g/mol. The van der Waals surface area contributed by atoms with Crippen molar-refractivity contribution in [3.8, 4) is 0 Å². The summed E-state index contributed by atoms with van der Waals surface area (Å²) in [4.78, 5) is 16.3. The molecule has 0 fully saturated rings. The van der Waals surface area contributed by atoms with E-state index in [0.29, 0.717) is 21.5 Å². The molecule has 1 amide bonds. The van der Waals surface area contributed by atoms with Gasteiger partial charge in [-0.25, -0.2) is 4.98 Å². The molecule has 0 aliphatic heterocycles. The van der Waals surface area contributed by atoms with Crippen molar-refractivity contribution in [3.63, 3.8) is 0 Å². The summed E-state index contributed by atoms with van der Waals surface area (Å²) in [6.45, 7) is 1.88. The third-order valence-corrected chi connectivity index (χ3v) is 3.64. The van der Waals surface area contributed by atoms with E-state index in [-0.39, 0.29) is 5.91 Å². The fourth-order valence-electron chi connectivity index (χ4n) is 1.56. The van der Waals surface area contributed by atoms with Gasteiger partial charge < -0.3 is 11.1 Å². The molecule has 1 aromatic heterocycles. The quantitative estimate of drug-likeness (QED) is 0.774. The predicted molar refractivity (Wildman–Crippen MR) is 83.2 cm³/mol. The molecular formula is C13H11Br2N3O. The smallest absolute Gasteiger partial charge is 0.258 e. The van der Waals surface area contributed by atoms with Crippen LogP contribution in [0, 0.1) is 6.92 Å². The van der Waals surface area contributed by atoms with Gasteiger partial charge in [0.05, 0.1) is 5.56 Å². The third-order valence-electron chi connectivity index (χ3n) is 2.51. The molecule has 4 nitrogen and oxygen atoms in total. The first-order valence-corrected chi connectivity index (χ1v) is 7.04. The van der Waals surface area contributed by atoms with E-state index in [9.17, 15) is 4.79 Å². The van der Waals surface area contributed by atoms with Crippen LogP contribution in [-0.2, 0) is 0 Å². The van der Waals surface area contributed by atoms with Crippen LogP contribution in [0.1, 0.15) is 15.9 Å². The molecule has 0 saturated carbocycles. The van der Waals surface area contributed by atoms with Gasteiger partial charge in [0, 0.05) is 20.8 Å². The summed E-state index contributed by atoms with van der Waals surface area (Å²) in [7, 11) is 0. The number of aryl methyl sites for hydroxylation is 1. The van der Waals surface area contributed by atoms with Gasteiger partial charge in [-0.1, -0.05) is 0 Å². The van der Waals surface area contributed by atoms with Crippen LogP contribution in [0.4, 0.5) is 11.5 Å². The molecule has 0 aliphatic carbocycles. The summed E-state index contributed by atoms with van der Waals surface area (Å²) in [5, 5.41) is 2.77. The first kappa shape index (κ1) is 14.0. The summed E-state index contributed by atoms with van der Waals surface area (Å²) in [6.07, 6.45) is 1.64. The number of pyridine rings is 1. The van der Waals surface area contributed by atoms with Gasteiger partial charge in [0.1, 0.15) is 5.82 Å². The fraction of sp³-hybridized carbons (Fsp3) is 0.0769. The Bertz CT molecular complexity index is 644. The first-order chi connectivity index (χ1) is 8.97. The van der Waals surface area contributed by atoms with Crippen molar-refractivity contribution in [2.75, 3.05) is 11.1 Å². The van der Waals surface area contributed by atoms with Crippen molar-refractivity contribution in [3.05, 3.63) is 50.5 Å². The van der Waals surface area contributed by atoms with Gasteiger partial charge in [-0.05, 0) is 68.6 Å². The van der Waals surface area contributed by atoms with E-state index in [4.69, 9.17) is 5.73 Å². The number of nitrogens with zero attached hydrogens (tertiary/aromatic N) is 1. The highest BCUT2D eigenvalue weighted by atomic mass is 79.9. The lowest BCUT2D eigenvalue weighted by Gasteiger charge is -2.09. The number of rotatable bonds is 2. The minimum Gasteiger partial charge on any atom is -0.399 e. The maximum atomic E-state index is 12.2. The molecule has 0 atom stereocenters. The molecule has 1 aromatic carbocycles. The number of carbonyl (C=O) groups excluding carboxylic acids is 1. The topological polar surface area (TPSA) is 68.0 Å². The number of benzene rings is 1. The van der Waals surface area contributed by atoms with Crippen molar-refractivity contribution < 1.29 is 4.79 Å². The molecule has 2 aromatic rings. The maximum absolute atomic E-state index is 12.2. The number of aromatic nitrogens is 1. The summed E-state index contributed by atoms with van der Waals surface area (Å²) in [6, 6.07) is 6.97. The highest BCUT2D eigenvalue weighted by molar-refractivity contribution is 9.10. The van der Waals surface area contributed by atoms with Crippen LogP contribution in [0.15, 0.2) is 39.4 Å². The molecule has 0 aliphatic rings. The lowest BCUT2D eigenvalue weighted by molar-refractivity contribution is 0.102. The summed E-state index contributed by atoms with van der Waals surface area (Å²) >= 11 is 6.66. The second-order valence-corrected chi connectivity index (χ2v) is 5.78. The third kappa shape index (κ3) is 3.33. The zero-order valence-electron chi connectivity index (χ0n) is 10.1. The Morgan fingerprint density at radius 3 is 2.74 bits per heavy atom. The number of hydrogen-bond acceptors (Lipinski definition) is 3. The second-order valence-electron chi connectivity index (χ2n) is 4.01. The first-order valence-electron chi connectivity index (χ1n) is 5.46. The largest absolute Gasteiger partial charge is 0.399 e. The summed E-state index contributed by atoms with van der Waals surface area (Å²) < 4.78 is 1.56. The van der Waals surface area contributed by atoms with Crippen LogP contribution < -0.4 is 11.1 Å². The van der Waals surface area contributed by atoms with Crippen LogP contribution >= 0.6 is 31.9 Å². The highest BCUT2D eigenvalue weighted by Crippen LogP contribution is 2.22. The van der Waals surface area contributed by atoms with Crippen molar-refractivity contribution >= 4 is 49.3 Å². The zero-order chi connectivity index (χ0) is 14.0. The molecule has 6 heteroatoms. The Morgan fingerprint density at radius 2 is 2.05 bits per heavy atom. The number of halogens is 2. The Morgan fingerprint density at radius 1 is 1.32 bits per heavy atom. The monoisotopic (exact) mass is 383 g/mol. The minimum absolute atomic E-state index is 0.253. The molecule has 0 unspecified atom stereocenters. The lowest BCUT2D eigenvalue weighted by atomic mass is 10.2. The Kier molecular flexibility index (Phi) is 4.21. The van der Waals surface area contributed by atoms with Gasteiger partial charge in [0.2, 0.25) is 0 Å². The molecule has 0 bridgehead atoms. The van der Waals surface area contributed by atoms with Crippen molar-refractivity contribution in [1.29, 1.82) is 0 Å². The van der Waals surface area contributed by atoms with Crippen molar-refractivity contribution in [2.24, 2.45) is 0 Å². The number of anilines is 2. The zero-order valence-corrected chi connectivity index (χ0v) is 13.2. The Labute approximate surface area is 127 Å². The average Bonchev–Trinajstić information content (AvgIpc) is 2.35. The van der Waals surface area contributed by atoms with E-state index >= 15 is 0 Å². The van der Waals surface area contributed by atoms with Crippen LogP contribution in [0.5, 0.6) is 0 Å². The predicted octanol–water partition coefficient (Wildman–Crippen LogP) is 3.75. The van der Waals surface area contributed by atoms with Crippen molar-refractivity contribution in [1.82, 2.24) is 4.98 Å². The standard InChI is InChI=1S/C13H11Br2N3O/c1-7-4-8(14)6-17-12(7)18-13(19)10-5-9(16)2-3-11(10)15/h2-6H,16H2,1H3,(H,17,18,19). The molecule has 19 heavy (non-hydrogen) atoms. The lowest BCUT2D eigenvalue weighted by Crippen LogP contribution is -2.14. The number of carbonyl (C=O) groups is 1. The molecule has 0 saturated heterocycles. The average molecular weight is 385 g/mol. The van der Waals surface area contributed by atoms with Gasteiger partial charge in [0.15, 0.2) is 0 Å². The van der Waals surface area contributed by atoms with Crippen molar-refractivity contribution in [2.45, 2.75) is 6.92 Å². The number of nitrogens with two attached hydrogens (primary N) is 1. The number of nitrogens with one attached hydrogen (secondary N) is 1. The van der Waals surface area contributed by atoms with Gasteiger partial charge in [-0.3, -0.25) is 4.79 Å². The molecule has 98 valence electrons. The van der Waals surface area contributed by atoms with Crippen LogP contribution in [0.3, 0.4) is 0 Å². The van der Waals surface area contributed by atoms with Gasteiger partial charge in [-0.15, -0.1) is 0 Å². The Balaban J connectivity index is 2.28. The normalized spacial score (nSPS) is 10.3. The van der Waals surface area contributed by atoms with E-state index in [2.05, 4.69) is 42.2 Å². The number of hydrogen-bond donors (Lipinski definition) is 2. The fourth-order valence-corrected chi connectivity index (χ4v) is 2.44. The van der Waals surface area contributed by atoms with Gasteiger partial charge in [-0.2, -0.15) is 0 Å². The van der Waals surface area contributed by atoms with Crippen LogP contribution in [0.25, 0.3) is 0 Å². The van der Waals surface area contributed by atoms with E-state index < -0.39 is 0 Å². The minimum atomic E-state index is -0.253. The van der Waals surface area contributed by atoms with Crippen LogP contribution in [-0.4, -0.2) is 10.9 Å². The van der Waals surface area contributed by atoms with Gasteiger partial charge in [0.25, 0.3) is 5.91 Å². The second kappa shape index (κ2) is 5.71. The van der Waals surface area contributed by atoms with E-state index in [1.54, 1.807) is 24.4 Å². The van der Waals surface area contributed by atoms with E-state index in [1.807, 2.05) is 13.0 Å². The summed E-state index contributed by atoms with van der Waals surface area (Å²) in [5.41, 5.74) is 7.58. The van der Waals surface area contributed by atoms with E-state index in [0.717, 1.165) is 10.0 Å².